The number of para-hydroxylation sites is 1. The first-order chi connectivity index (χ1) is 8.10. The van der Waals surface area contributed by atoms with Gasteiger partial charge in [-0.15, -0.1) is 0 Å². The highest BCUT2D eigenvalue weighted by atomic mass is 35.5. The Kier molecular flexibility index (Phi) is 4.84. The van der Waals surface area contributed by atoms with Gasteiger partial charge in [-0.1, -0.05) is 24.2 Å². The molecule has 0 unspecified atom stereocenters. The molecule has 0 aliphatic carbocycles. The fraction of sp³-hybridized carbons (Fsp3) is 0.250. The lowest BCUT2D eigenvalue weighted by Crippen LogP contribution is -2.25. The van der Waals surface area contributed by atoms with Gasteiger partial charge in [0.25, 0.3) is 5.91 Å². The molecule has 0 aliphatic rings. The molecule has 1 aromatic carbocycles. The Hall–Kier alpha value is -1.68. The maximum atomic E-state index is 11.9. The molecule has 92 valence electrons. The zero-order valence-electron chi connectivity index (χ0n) is 9.75. The van der Waals surface area contributed by atoms with E-state index in [0.29, 0.717) is 22.1 Å². The first-order valence-electron chi connectivity index (χ1n) is 4.92. The van der Waals surface area contributed by atoms with Crippen molar-refractivity contribution in [3.05, 3.63) is 35.4 Å². The van der Waals surface area contributed by atoms with E-state index in [4.69, 9.17) is 21.1 Å². The van der Waals surface area contributed by atoms with Gasteiger partial charge in [0.05, 0.1) is 26.3 Å². The molecule has 1 N–H and O–H groups in total. The van der Waals surface area contributed by atoms with Gasteiger partial charge in [-0.2, -0.15) is 0 Å². The summed E-state index contributed by atoms with van der Waals surface area (Å²) in [7, 11) is 3.00. The van der Waals surface area contributed by atoms with Crippen molar-refractivity contribution < 1.29 is 14.3 Å². The van der Waals surface area contributed by atoms with Crippen molar-refractivity contribution in [1.82, 2.24) is 5.32 Å². The lowest BCUT2D eigenvalue weighted by Gasteiger charge is -2.12. The number of benzene rings is 1. The van der Waals surface area contributed by atoms with Crippen LogP contribution in [0.4, 0.5) is 0 Å². The van der Waals surface area contributed by atoms with E-state index >= 15 is 0 Å². The second kappa shape index (κ2) is 6.15. The molecule has 0 aromatic heterocycles. The highest BCUT2D eigenvalue weighted by molar-refractivity contribution is 6.29. The predicted octanol–water partition coefficient (Wildman–Crippen LogP) is 2.19. The van der Waals surface area contributed by atoms with Gasteiger partial charge in [-0.3, -0.25) is 4.79 Å². The average Bonchev–Trinajstić information content (AvgIpc) is 2.34. The second-order valence-corrected chi connectivity index (χ2v) is 3.78. The molecule has 1 amide bonds. The molecule has 0 atom stereocenters. The molecule has 0 saturated carbocycles. The van der Waals surface area contributed by atoms with E-state index in [0.717, 1.165) is 0 Å². The van der Waals surface area contributed by atoms with Gasteiger partial charge >= 0.3 is 0 Å². The van der Waals surface area contributed by atoms with E-state index < -0.39 is 0 Å². The van der Waals surface area contributed by atoms with Crippen molar-refractivity contribution in [1.29, 1.82) is 0 Å². The van der Waals surface area contributed by atoms with Crippen LogP contribution < -0.4 is 14.8 Å². The fourth-order valence-corrected chi connectivity index (χ4v) is 1.40. The summed E-state index contributed by atoms with van der Waals surface area (Å²) in [5, 5.41) is 2.98. The van der Waals surface area contributed by atoms with Gasteiger partial charge in [0.15, 0.2) is 11.5 Å². The predicted molar refractivity (Wildman–Crippen MR) is 66.9 cm³/mol. The molecule has 0 heterocycles. The zero-order valence-corrected chi connectivity index (χ0v) is 10.5. The molecule has 1 aromatic rings. The molecular weight excluding hydrogens is 242 g/mol. The molecule has 0 radical (unpaired) electrons. The van der Waals surface area contributed by atoms with Crippen LogP contribution in [0.1, 0.15) is 10.4 Å². The summed E-state index contributed by atoms with van der Waals surface area (Å²) in [6, 6.07) is 5.08. The van der Waals surface area contributed by atoms with Gasteiger partial charge in [0.1, 0.15) is 0 Å². The van der Waals surface area contributed by atoms with Gasteiger partial charge < -0.3 is 14.8 Å². The van der Waals surface area contributed by atoms with Crippen LogP contribution in [-0.2, 0) is 0 Å². The number of carbonyl (C=O) groups excluding carboxylic acids is 1. The highest BCUT2D eigenvalue weighted by Crippen LogP contribution is 2.30. The van der Waals surface area contributed by atoms with Crippen molar-refractivity contribution >= 4 is 17.5 Å². The summed E-state index contributed by atoms with van der Waals surface area (Å²) in [4.78, 5) is 11.9. The quantitative estimate of drug-likeness (QED) is 0.877. The maximum absolute atomic E-state index is 11.9. The minimum absolute atomic E-state index is 0.209. The number of hydrogen-bond donors (Lipinski definition) is 1. The third kappa shape index (κ3) is 3.39. The number of amides is 1. The number of ether oxygens (including phenoxy) is 2. The standard InChI is InChI=1S/C12H14ClNO3/c1-8(13)7-14-12(15)9-5-4-6-10(16-2)11(9)17-3/h4-6H,1,7H2,2-3H3,(H,14,15). The summed E-state index contributed by atoms with van der Waals surface area (Å²) in [6.45, 7) is 3.70. The van der Waals surface area contributed by atoms with Crippen LogP contribution in [0.5, 0.6) is 11.5 Å². The zero-order chi connectivity index (χ0) is 12.8. The third-order valence-corrected chi connectivity index (χ3v) is 2.22. The molecule has 5 heteroatoms. The molecular formula is C12H14ClNO3. The van der Waals surface area contributed by atoms with Crippen molar-refractivity contribution in [2.24, 2.45) is 0 Å². The van der Waals surface area contributed by atoms with Gasteiger partial charge in [0, 0.05) is 5.03 Å². The maximum Gasteiger partial charge on any atom is 0.255 e. The minimum Gasteiger partial charge on any atom is -0.493 e. The SMILES string of the molecule is C=C(Cl)CNC(=O)c1cccc(OC)c1OC. The number of methoxy groups -OCH3 is 2. The van der Waals surface area contributed by atoms with Crippen LogP contribution in [-0.4, -0.2) is 26.7 Å². The number of halogens is 1. The molecule has 17 heavy (non-hydrogen) atoms. The Morgan fingerprint density at radius 3 is 2.65 bits per heavy atom. The molecule has 0 spiro atoms. The van der Waals surface area contributed by atoms with E-state index in [9.17, 15) is 4.79 Å². The van der Waals surface area contributed by atoms with Crippen molar-refractivity contribution in [2.45, 2.75) is 0 Å². The van der Waals surface area contributed by atoms with Gasteiger partial charge in [-0.25, -0.2) is 0 Å². The van der Waals surface area contributed by atoms with Crippen LogP contribution in [0, 0.1) is 0 Å². The van der Waals surface area contributed by atoms with Crippen molar-refractivity contribution in [3.8, 4) is 11.5 Å². The normalized spacial score (nSPS) is 9.59. The topological polar surface area (TPSA) is 47.6 Å². The van der Waals surface area contributed by atoms with E-state index in [-0.39, 0.29) is 12.5 Å². The first-order valence-corrected chi connectivity index (χ1v) is 5.30. The smallest absolute Gasteiger partial charge is 0.255 e. The summed E-state index contributed by atoms with van der Waals surface area (Å²) >= 11 is 5.58. The summed E-state index contributed by atoms with van der Waals surface area (Å²) < 4.78 is 10.3. The highest BCUT2D eigenvalue weighted by Gasteiger charge is 2.15. The monoisotopic (exact) mass is 255 g/mol. The number of nitrogens with one attached hydrogen (secondary N) is 1. The van der Waals surface area contributed by atoms with E-state index in [2.05, 4.69) is 11.9 Å². The minimum atomic E-state index is -0.289. The van der Waals surface area contributed by atoms with Crippen LogP contribution in [0.15, 0.2) is 29.8 Å². The Morgan fingerprint density at radius 2 is 2.12 bits per heavy atom. The average molecular weight is 256 g/mol. The number of hydrogen-bond acceptors (Lipinski definition) is 3. The van der Waals surface area contributed by atoms with Crippen LogP contribution in [0.25, 0.3) is 0 Å². The van der Waals surface area contributed by atoms with E-state index in [1.807, 2.05) is 0 Å². The largest absolute Gasteiger partial charge is 0.493 e. The Morgan fingerprint density at radius 1 is 1.41 bits per heavy atom. The summed E-state index contributed by atoms with van der Waals surface area (Å²) in [6.07, 6.45) is 0. The molecule has 0 bridgehead atoms. The molecule has 0 aliphatic heterocycles. The Labute approximate surface area is 105 Å². The lowest BCUT2D eigenvalue weighted by atomic mass is 10.1. The Bertz CT molecular complexity index is 432. The summed E-state index contributed by atoms with van der Waals surface area (Å²) in [5.41, 5.74) is 0.393. The number of rotatable bonds is 5. The van der Waals surface area contributed by atoms with Crippen molar-refractivity contribution in [2.75, 3.05) is 20.8 Å². The molecule has 0 saturated heterocycles. The van der Waals surface area contributed by atoms with Gasteiger partial charge in [-0.05, 0) is 12.1 Å². The lowest BCUT2D eigenvalue weighted by molar-refractivity contribution is 0.0954. The molecule has 4 nitrogen and oxygen atoms in total. The molecule has 0 fully saturated rings. The first kappa shape index (κ1) is 13.4. The van der Waals surface area contributed by atoms with E-state index in [1.165, 1.54) is 14.2 Å². The molecule has 1 rings (SSSR count). The number of carbonyl (C=O) groups is 1. The van der Waals surface area contributed by atoms with E-state index in [1.54, 1.807) is 18.2 Å². The van der Waals surface area contributed by atoms with Crippen LogP contribution >= 0.6 is 11.6 Å². The summed E-state index contributed by atoms with van der Waals surface area (Å²) in [5.74, 6) is 0.611. The fourth-order valence-electron chi connectivity index (χ4n) is 1.34. The van der Waals surface area contributed by atoms with Crippen LogP contribution in [0.3, 0.4) is 0 Å². The van der Waals surface area contributed by atoms with Crippen molar-refractivity contribution in [3.63, 3.8) is 0 Å². The van der Waals surface area contributed by atoms with Gasteiger partial charge in [0.2, 0.25) is 0 Å². The van der Waals surface area contributed by atoms with Crippen LogP contribution in [0.2, 0.25) is 0 Å². The Balaban J connectivity index is 2.96. The second-order valence-electron chi connectivity index (χ2n) is 3.24. The third-order valence-electron chi connectivity index (χ3n) is 2.09.